The van der Waals surface area contributed by atoms with Gasteiger partial charge < -0.3 is 10.1 Å². The fourth-order valence-electron chi connectivity index (χ4n) is 3.49. The van der Waals surface area contributed by atoms with Crippen LogP contribution in [-0.4, -0.2) is 37.0 Å². The number of carbonyl (C=O) groups is 1. The molecule has 1 heterocycles. The zero-order chi connectivity index (χ0) is 18.4. The first-order valence-corrected chi connectivity index (χ1v) is 9.15. The molecule has 136 valence electrons. The van der Waals surface area contributed by atoms with Gasteiger partial charge in [-0.05, 0) is 41.8 Å². The van der Waals surface area contributed by atoms with Crippen LogP contribution in [0.5, 0.6) is 5.75 Å². The minimum atomic E-state index is -0.141. The maximum atomic E-state index is 11.8. The van der Waals surface area contributed by atoms with E-state index in [2.05, 4.69) is 60.1 Å². The van der Waals surface area contributed by atoms with Crippen molar-refractivity contribution < 1.29 is 9.53 Å². The van der Waals surface area contributed by atoms with E-state index in [0.717, 1.165) is 25.3 Å². The fraction of sp³-hybridized carbons (Fsp3) is 0.318. The van der Waals surface area contributed by atoms with Gasteiger partial charge in [0, 0.05) is 13.1 Å². The molecule has 0 aromatic heterocycles. The van der Waals surface area contributed by atoms with Crippen LogP contribution in [0.25, 0.3) is 0 Å². The normalized spacial score (nSPS) is 16.6. The molecule has 0 spiro atoms. The van der Waals surface area contributed by atoms with Gasteiger partial charge in [0.25, 0.3) is 5.91 Å². The van der Waals surface area contributed by atoms with Gasteiger partial charge in [-0.2, -0.15) is 0 Å². The Hall–Kier alpha value is -2.59. The molecule has 4 nitrogen and oxygen atoms in total. The van der Waals surface area contributed by atoms with Crippen molar-refractivity contribution in [2.75, 3.05) is 26.2 Å². The second kappa shape index (κ2) is 8.68. The second-order valence-corrected chi connectivity index (χ2v) is 6.43. The predicted molar refractivity (Wildman–Crippen MR) is 104 cm³/mol. The van der Waals surface area contributed by atoms with Crippen molar-refractivity contribution in [3.63, 3.8) is 0 Å². The third kappa shape index (κ3) is 4.14. The Morgan fingerprint density at radius 1 is 1.31 bits per heavy atom. The number of rotatable bonds is 7. The van der Waals surface area contributed by atoms with Crippen molar-refractivity contribution in [1.82, 2.24) is 10.2 Å². The Labute approximate surface area is 155 Å². The molecule has 1 atom stereocenters. The number of nitrogens with zero attached hydrogens (tertiary/aromatic N) is 1. The van der Waals surface area contributed by atoms with Crippen LogP contribution in [0, 0.1) is 0 Å². The lowest BCUT2D eigenvalue weighted by atomic mass is 9.88. The van der Waals surface area contributed by atoms with Crippen molar-refractivity contribution in [1.29, 1.82) is 0 Å². The highest BCUT2D eigenvalue weighted by Gasteiger charge is 2.28. The monoisotopic (exact) mass is 350 g/mol. The Kier molecular flexibility index (Phi) is 6.08. The van der Waals surface area contributed by atoms with Gasteiger partial charge in [0.05, 0.1) is 6.04 Å². The van der Waals surface area contributed by atoms with E-state index in [1.54, 1.807) is 6.08 Å². The lowest BCUT2D eigenvalue weighted by Gasteiger charge is -2.37. The number of amides is 1. The van der Waals surface area contributed by atoms with Crippen LogP contribution >= 0.6 is 0 Å². The topological polar surface area (TPSA) is 41.6 Å². The molecule has 1 amide bonds. The average molecular weight is 350 g/mol. The maximum absolute atomic E-state index is 11.8. The number of likely N-dealkylation sites (N-methyl/N-ethyl adjacent to an activating group) is 1. The Morgan fingerprint density at radius 2 is 2.12 bits per heavy atom. The summed E-state index contributed by atoms with van der Waals surface area (Å²) < 4.78 is 5.72. The zero-order valence-electron chi connectivity index (χ0n) is 15.3. The minimum absolute atomic E-state index is 0.0140. The molecule has 4 heteroatoms. The van der Waals surface area contributed by atoms with Gasteiger partial charge in [-0.15, -0.1) is 6.58 Å². The molecule has 1 aliphatic rings. The minimum Gasteiger partial charge on any atom is -0.484 e. The van der Waals surface area contributed by atoms with E-state index in [1.165, 1.54) is 16.7 Å². The number of hydrogen-bond acceptors (Lipinski definition) is 3. The summed E-state index contributed by atoms with van der Waals surface area (Å²) >= 11 is 0. The van der Waals surface area contributed by atoms with Crippen molar-refractivity contribution >= 4 is 5.91 Å². The molecule has 0 bridgehead atoms. The molecule has 26 heavy (non-hydrogen) atoms. The van der Waals surface area contributed by atoms with E-state index in [-0.39, 0.29) is 18.6 Å². The van der Waals surface area contributed by atoms with Crippen LogP contribution in [0.1, 0.15) is 29.7 Å². The first kappa shape index (κ1) is 18.2. The van der Waals surface area contributed by atoms with Gasteiger partial charge in [-0.1, -0.05) is 49.4 Å². The highest BCUT2D eigenvalue weighted by Crippen LogP contribution is 2.36. The van der Waals surface area contributed by atoms with E-state index >= 15 is 0 Å². The summed E-state index contributed by atoms with van der Waals surface area (Å²) in [5, 5.41) is 2.73. The summed E-state index contributed by atoms with van der Waals surface area (Å²) in [5.74, 6) is 0.591. The van der Waals surface area contributed by atoms with E-state index in [0.29, 0.717) is 6.54 Å². The summed E-state index contributed by atoms with van der Waals surface area (Å²) in [5.41, 5.74) is 3.91. The molecule has 0 saturated carbocycles. The Morgan fingerprint density at radius 3 is 2.85 bits per heavy atom. The van der Waals surface area contributed by atoms with E-state index in [4.69, 9.17) is 4.74 Å². The summed E-state index contributed by atoms with van der Waals surface area (Å²) in [4.78, 5) is 14.2. The van der Waals surface area contributed by atoms with Crippen LogP contribution < -0.4 is 10.1 Å². The zero-order valence-corrected chi connectivity index (χ0v) is 15.3. The van der Waals surface area contributed by atoms with Crippen molar-refractivity contribution in [3.8, 4) is 5.75 Å². The molecule has 1 unspecified atom stereocenters. The molecule has 1 aliphatic heterocycles. The first-order valence-electron chi connectivity index (χ1n) is 9.15. The molecule has 0 radical (unpaired) electrons. The quantitative estimate of drug-likeness (QED) is 0.779. The molecular formula is C22H26N2O2. The van der Waals surface area contributed by atoms with Crippen LogP contribution in [0.3, 0.4) is 0 Å². The standard InChI is InChI=1S/C22H26N2O2/c1-3-13-23-21(25)16-26-19-11-10-17-12-14-24(4-2)22(20(17)15-19)18-8-6-5-7-9-18/h3,5-11,15,22H,1,4,12-14,16H2,2H3,(H,23,25). The number of benzene rings is 2. The Balaban J connectivity index is 1.83. The van der Waals surface area contributed by atoms with Gasteiger partial charge in [0.1, 0.15) is 5.75 Å². The number of fused-ring (bicyclic) bond motifs is 1. The van der Waals surface area contributed by atoms with E-state index in [9.17, 15) is 4.79 Å². The molecule has 2 aromatic rings. The number of hydrogen-bond donors (Lipinski definition) is 1. The smallest absolute Gasteiger partial charge is 0.258 e. The van der Waals surface area contributed by atoms with Crippen molar-refractivity contribution in [2.45, 2.75) is 19.4 Å². The van der Waals surface area contributed by atoms with Crippen molar-refractivity contribution in [2.24, 2.45) is 0 Å². The van der Waals surface area contributed by atoms with Crippen LogP contribution in [0.4, 0.5) is 0 Å². The maximum Gasteiger partial charge on any atom is 0.258 e. The van der Waals surface area contributed by atoms with Gasteiger partial charge >= 0.3 is 0 Å². The largest absolute Gasteiger partial charge is 0.484 e. The fourth-order valence-corrected chi connectivity index (χ4v) is 3.49. The van der Waals surface area contributed by atoms with Gasteiger partial charge in [0.15, 0.2) is 6.61 Å². The Bertz CT molecular complexity index is 758. The number of carbonyl (C=O) groups excluding carboxylic acids is 1. The van der Waals surface area contributed by atoms with Crippen LogP contribution in [0.2, 0.25) is 0 Å². The predicted octanol–water partition coefficient (Wildman–Crippen LogP) is 3.34. The summed E-state index contributed by atoms with van der Waals surface area (Å²) in [7, 11) is 0. The molecule has 1 N–H and O–H groups in total. The highest BCUT2D eigenvalue weighted by atomic mass is 16.5. The first-order chi connectivity index (χ1) is 12.7. The summed E-state index contributed by atoms with van der Waals surface area (Å²) in [6, 6.07) is 17.0. The van der Waals surface area contributed by atoms with Crippen LogP contribution in [-0.2, 0) is 11.2 Å². The summed E-state index contributed by atoms with van der Waals surface area (Å²) in [6.45, 7) is 8.30. The molecule has 0 saturated heterocycles. The van der Waals surface area contributed by atoms with Gasteiger partial charge in [-0.3, -0.25) is 9.69 Å². The van der Waals surface area contributed by atoms with Gasteiger partial charge in [-0.25, -0.2) is 0 Å². The molecule has 2 aromatic carbocycles. The highest BCUT2D eigenvalue weighted by molar-refractivity contribution is 5.77. The molecule has 0 aliphatic carbocycles. The third-order valence-electron chi connectivity index (χ3n) is 4.78. The second-order valence-electron chi connectivity index (χ2n) is 6.43. The average Bonchev–Trinajstić information content (AvgIpc) is 2.70. The number of ether oxygens (including phenoxy) is 1. The van der Waals surface area contributed by atoms with Crippen LogP contribution in [0.15, 0.2) is 61.2 Å². The lowest BCUT2D eigenvalue weighted by Crippen LogP contribution is -2.36. The number of nitrogens with one attached hydrogen (secondary N) is 1. The lowest BCUT2D eigenvalue weighted by molar-refractivity contribution is -0.122. The SMILES string of the molecule is C=CCNC(=O)COc1ccc2c(c1)C(c1ccccc1)N(CC)CC2. The molecule has 3 rings (SSSR count). The third-order valence-corrected chi connectivity index (χ3v) is 4.78. The van der Waals surface area contributed by atoms with Crippen molar-refractivity contribution in [3.05, 3.63) is 77.9 Å². The van der Waals surface area contributed by atoms with E-state index in [1.807, 2.05) is 12.1 Å². The molecule has 0 fully saturated rings. The van der Waals surface area contributed by atoms with E-state index < -0.39 is 0 Å². The summed E-state index contributed by atoms with van der Waals surface area (Å²) in [6.07, 6.45) is 2.69. The molecular weight excluding hydrogens is 324 g/mol. The van der Waals surface area contributed by atoms with Gasteiger partial charge in [0.2, 0.25) is 0 Å².